The molecule has 0 radical (unpaired) electrons. The first-order chi connectivity index (χ1) is 5.24. The third-order valence-electron chi connectivity index (χ3n) is 1.84. The SMILES string of the molecule is CCO.N[C@H]1CCC(CO)C1. The summed E-state index contributed by atoms with van der Waals surface area (Å²) in [5, 5.41) is 16.2. The lowest BCUT2D eigenvalue weighted by atomic mass is 10.1. The second-order valence-corrected chi connectivity index (χ2v) is 2.94. The van der Waals surface area contributed by atoms with E-state index in [4.69, 9.17) is 15.9 Å². The predicted octanol–water partition coefficient (Wildman–Crippen LogP) is 0.105. The largest absolute Gasteiger partial charge is 0.397 e. The maximum atomic E-state index is 8.63. The molecule has 0 saturated heterocycles. The van der Waals surface area contributed by atoms with Crippen molar-refractivity contribution in [1.82, 2.24) is 0 Å². The normalized spacial score (nSPS) is 29.5. The van der Waals surface area contributed by atoms with Crippen LogP contribution in [0.15, 0.2) is 0 Å². The molecule has 1 saturated carbocycles. The van der Waals surface area contributed by atoms with Crippen LogP contribution in [-0.2, 0) is 0 Å². The van der Waals surface area contributed by atoms with Crippen molar-refractivity contribution in [1.29, 1.82) is 0 Å². The Morgan fingerprint density at radius 3 is 2.09 bits per heavy atom. The Labute approximate surface area is 68.2 Å². The quantitative estimate of drug-likeness (QED) is 0.511. The van der Waals surface area contributed by atoms with E-state index in [1.54, 1.807) is 6.92 Å². The van der Waals surface area contributed by atoms with Crippen molar-refractivity contribution in [3.05, 3.63) is 0 Å². The molecular formula is C8H19NO2. The van der Waals surface area contributed by atoms with Crippen molar-refractivity contribution in [3.8, 4) is 0 Å². The minimum atomic E-state index is 0.250. The summed E-state index contributed by atoms with van der Waals surface area (Å²) in [5.41, 5.74) is 5.59. The summed E-state index contributed by atoms with van der Waals surface area (Å²) in [4.78, 5) is 0. The molecule has 3 nitrogen and oxygen atoms in total. The standard InChI is InChI=1S/C6H13NO.C2H6O/c7-6-2-1-5(3-6)4-8;1-2-3/h5-6,8H,1-4,7H2;3H,2H2,1H3/t5?,6-;/m0./s1. The molecule has 1 rings (SSSR count). The minimum Gasteiger partial charge on any atom is -0.397 e. The van der Waals surface area contributed by atoms with Gasteiger partial charge in [-0.3, -0.25) is 0 Å². The van der Waals surface area contributed by atoms with Crippen molar-refractivity contribution in [2.45, 2.75) is 32.2 Å². The highest BCUT2D eigenvalue weighted by molar-refractivity contribution is 4.76. The summed E-state index contributed by atoms with van der Waals surface area (Å²) in [6.45, 7) is 2.26. The van der Waals surface area contributed by atoms with E-state index in [0.717, 1.165) is 19.3 Å². The Balaban J connectivity index is 0.000000292. The van der Waals surface area contributed by atoms with Crippen molar-refractivity contribution in [3.63, 3.8) is 0 Å². The summed E-state index contributed by atoms with van der Waals surface area (Å²) < 4.78 is 0. The summed E-state index contributed by atoms with van der Waals surface area (Å²) in [7, 11) is 0. The van der Waals surface area contributed by atoms with Gasteiger partial charge in [-0.05, 0) is 32.1 Å². The molecule has 2 atom stereocenters. The van der Waals surface area contributed by atoms with Crippen LogP contribution in [0.2, 0.25) is 0 Å². The molecule has 68 valence electrons. The molecule has 0 spiro atoms. The molecule has 1 fully saturated rings. The van der Waals surface area contributed by atoms with E-state index in [9.17, 15) is 0 Å². The number of hydrogen-bond donors (Lipinski definition) is 3. The van der Waals surface area contributed by atoms with Gasteiger partial charge in [0.25, 0.3) is 0 Å². The zero-order valence-corrected chi connectivity index (χ0v) is 7.16. The molecule has 11 heavy (non-hydrogen) atoms. The van der Waals surface area contributed by atoms with Gasteiger partial charge in [0.2, 0.25) is 0 Å². The second kappa shape index (κ2) is 6.58. The number of rotatable bonds is 1. The molecular weight excluding hydrogens is 142 g/mol. The van der Waals surface area contributed by atoms with Crippen molar-refractivity contribution in [2.24, 2.45) is 11.7 Å². The lowest BCUT2D eigenvalue weighted by Gasteiger charge is -2.01. The van der Waals surface area contributed by atoms with Gasteiger partial charge in [0.05, 0.1) is 0 Å². The van der Waals surface area contributed by atoms with Crippen LogP contribution in [0.5, 0.6) is 0 Å². The minimum absolute atomic E-state index is 0.250. The fourth-order valence-electron chi connectivity index (χ4n) is 1.28. The van der Waals surface area contributed by atoms with Gasteiger partial charge < -0.3 is 15.9 Å². The third kappa shape index (κ3) is 5.18. The fraction of sp³-hybridized carbons (Fsp3) is 1.00. The highest BCUT2D eigenvalue weighted by Gasteiger charge is 2.19. The molecule has 0 aromatic heterocycles. The van der Waals surface area contributed by atoms with E-state index in [-0.39, 0.29) is 6.61 Å². The van der Waals surface area contributed by atoms with Crippen LogP contribution in [0.1, 0.15) is 26.2 Å². The van der Waals surface area contributed by atoms with E-state index < -0.39 is 0 Å². The molecule has 1 aliphatic rings. The molecule has 0 aromatic rings. The van der Waals surface area contributed by atoms with Crippen LogP contribution in [0.4, 0.5) is 0 Å². The van der Waals surface area contributed by atoms with Gasteiger partial charge in [-0.25, -0.2) is 0 Å². The van der Waals surface area contributed by atoms with E-state index >= 15 is 0 Å². The Hall–Kier alpha value is -0.120. The van der Waals surface area contributed by atoms with Crippen LogP contribution in [0.3, 0.4) is 0 Å². The van der Waals surface area contributed by atoms with Gasteiger partial charge in [0.1, 0.15) is 0 Å². The zero-order chi connectivity index (χ0) is 8.69. The van der Waals surface area contributed by atoms with Gasteiger partial charge in [0, 0.05) is 19.3 Å². The topological polar surface area (TPSA) is 66.5 Å². The summed E-state index contributed by atoms with van der Waals surface area (Å²) in [5.74, 6) is 0.505. The maximum Gasteiger partial charge on any atom is 0.0459 e. The summed E-state index contributed by atoms with van der Waals surface area (Å²) in [6.07, 6.45) is 3.25. The highest BCUT2D eigenvalue weighted by atomic mass is 16.3. The van der Waals surface area contributed by atoms with Crippen molar-refractivity contribution < 1.29 is 10.2 Å². The molecule has 1 aliphatic carbocycles. The van der Waals surface area contributed by atoms with E-state index in [2.05, 4.69) is 0 Å². The Kier molecular flexibility index (Phi) is 6.51. The van der Waals surface area contributed by atoms with Crippen LogP contribution in [-0.4, -0.2) is 29.5 Å². The van der Waals surface area contributed by atoms with Gasteiger partial charge in [-0.2, -0.15) is 0 Å². The second-order valence-electron chi connectivity index (χ2n) is 2.94. The summed E-state index contributed by atoms with van der Waals surface area (Å²) in [6, 6.07) is 0.368. The van der Waals surface area contributed by atoms with E-state index in [1.807, 2.05) is 0 Å². The maximum absolute atomic E-state index is 8.63. The van der Waals surface area contributed by atoms with Crippen LogP contribution < -0.4 is 5.73 Å². The lowest BCUT2D eigenvalue weighted by molar-refractivity contribution is 0.229. The Morgan fingerprint density at radius 1 is 1.36 bits per heavy atom. The molecule has 1 unspecified atom stereocenters. The molecule has 3 heteroatoms. The molecule has 0 aliphatic heterocycles. The van der Waals surface area contributed by atoms with Gasteiger partial charge in [-0.1, -0.05) is 0 Å². The fourth-order valence-corrected chi connectivity index (χ4v) is 1.28. The van der Waals surface area contributed by atoms with Crippen LogP contribution in [0.25, 0.3) is 0 Å². The van der Waals surface area contributed by atoms with Crippen molar-refractivity contribution >= 4 is 0 Å². The Morgan fingerprint density at radius 2 is 1.91 bits per heavy atom. The van der Waals surface area contributed by atoms with E-state index in [1.165, 1.54) is 0 Å². The number of nitrogens with two attached hydrogens (primary N) is 1. The average Bonchev–Trinajstić information content (AvgIpc) is 2.37. The van der Waals surface area contributed by atoms with Gasteiger partial charge in [0.15, 0.2) is 0 Å². The first-order valence-electron chi connectivity index (χ1n) is 4.21. The average molecular weight is 161 g/mol. The first-order valence-corrected chi connectivity index (χ1v) is 4.21. The first kappa shape index (κ1) is 10.9. The molecule has 0 heterocycles. The van der Waals surface area contributed by atoms with Crippen LogP contribution in [0, 0.1) is 5.92 Å². The lowest BCUT2D eigenvalue weighted by Crippen LogP contribution is -2.15. The van der Waals surface area contributed by atoms with Crippen LogP contribution >= 0.6 is 0 Å². The molecule has 0 amide bonds. The third-order valence-corrected chi connectivity index (χ3v) is 1.84. The predicted molar refractivity (Wildman–Crippen MR) is 45.2 cm³/mol. The highest BCUT2D eigenvalue weighted by Crippen LogP contribution is 2.22. The smallest absolute Gasteiger partial charge is 0.0459 e. The number of aliphatic hydroxyl groups is 2. The van der Waals surface area contributed by atoms with Crippen molar-refractivity contribution in [2.75, 3.05) is 13.2 Å². The van der Waals surface area contributed by atoms with Gasteiger partial charge >= 0.3 is 0 Å². The Bertz CT molecular complexity index is 88.2. The number of hydrogen-bond acceptors (Lipinski definition) is 3. The molecule has 0 bridgehead atoms. The summed E-state index contributed by atoms with van der Waals surface area (Å²) >= 11 is 0. The molecule has 4 N–H and O–H groups in total. The monoisotopic (exact) mass is 161 g/mol. The van der Waals surface area contributed by atoms with Gasteiger partial charge in [-0.15, -0.1) is 0 Å². The zero-order valence-electron chi connectivity index (χ0n) is 7.16. The number of aliphatic hydroxyl groups excluding tert-OH is 2. The van der Waals surface area contributed by atoms with E-state index in [0.29, 0.717) is 18.6 Å². The molecule has 0 aromatic carbocycles.